The lowest BCUT2D eigenvalue weighted by Crippen LogP contribution is -2.27. The van der Waals surface area contributed by atoms with Crippen LogP contribution in [0.4, 0.5) is 5.69 Å². The molecule has 1 aromatic heterocycles. The third-order valence-corrected chi connectivity index (χ3v) is 4.66. The van der Waals surface area contributed by atoms with Gasteiger partial charge in [0.15, 0.2) is 0 Å². The van der Waals surface area contributed by atoms with E-state index < -0.39 is 10.0 Å². The molecule has 0 saturated heterocycles. The summed E-state index contributed by atoms with van der Waals surface area (Å²) in [6.07, 6.45) is 3.79. The van der Waals surface area contributed by atoms with Crippen LogP contribution in [0.2, 0.25) is 0 Å². The zero-order chi connectivity index (χ0) is 14.8. The van der Waals surface area contributed by atoms with Gasteiger partial charge in [0.25, 0.3) is 0 Å². The summed E-state index contributed by atoms with van der Waals surface area (Å²) < 4.78 is 27.2. The topological polar surface area (TPSA) is 101 Å². The molecule has 0 spiro atoms. The maximum Gasteiger partial charge on any atom is 0.240 e. The van der Waals surface area contributed by atoms with E-state index in [-0.39, 0.29) is 4.90 Å². The zero-order valence-corrected chi connectivity index (χ0v) is 12.3. The number of nitrogen functional groups attached to an aromatic ring is 1. The fourth-order valence-electron chi connectivity index (χ4n) is 1.95. The average molecular weight is 294 g/mol. The number of sulfonamides is 1. The molecule has 0 fully saturated rings. The predicted molar refractivity (Wildman–Crippen MR) is 77.8 cm³/mol. The molecule has 7 heteroatoms. The second kappa shape index (κ2) is 5.64. The maximum absolute atomic E-state index is 12.3. The minimum atomic E-state index is -3.55. The molecule has 4 N–H and O–H groups in total. The van der Waals surface area contributed by atoms with Crippen molar-refractivity contribution in [1.82, 2.24) is 14.7 Å². The predicted octanol–water partition coefficient (Wildman–Crippen LogP) is 1.13. The van der Waals surface area contributed by atoms with Crippen LogP contribution in [0.3, 0.4) is 0 Å². The smallest absolute Gasteiger partial charge is 0.240 e. The molecule has 0 amide bonds. The van der Waals surface area contributed by atoms with E-state index in [1.54, 1.807) is 31.6 Å². The first-order valence-corrected chi connectivity index (χ1v) is 7.72. The van der Waals surface area contributed by atoms with Crippen LogP contribution >= 0.6 is 0 Å². The molecule has 1 heterocycles. The molecule has 108 valence electrons. The summed E-state index contributed by atoms with van der Waals surface area (Å²) in [5, 5.41) is 0. The first-order valence-electron chi connectivity index (χ1n) is 6.24. The number of hydrogen-bond donors (Lipinski definition) is 3. The number of aryl methyl sites for hydroxylation is 1. The van der Waals surface area contributed by atoms with E-state index in [2.05, 4.69) is 14.7 Å². The van der Waals surface area contributed by atoms with Gasteiger partial charge in [-0.2, -0.15) is 0 Å². The fraction of sp³-hybridized carbons (Fsp3) is 0.308. The van der Waals surface area contributed by atoms with Gasteiger partial charge in [-0.1, -0.05) is 0 Å². The van der Waals surface area contributed by atoms with Crippen molar-refractivity contribution in [3.63, 3.8) is 0 Å². The lowest BCUT2D eigenvalue weighted by Gasteiger charge is -2.12. The molecular weight excluding hydrogens is 276 g/mol. The van der Waals surface area contributed by atoms with Crippen LogP contribution < -0.4 is 10.5 Å². The number of H-pyrrole nitrogens is 1. The number of nitrogens with zero attached hydrogens (tertiary/aromatic N) is 1. The quantitative estimate of drug-likeness (QED) is 0.719. The van der Waals surface area contributed by atoms with E-state index in [0.717, 1.165) is 11.3 Å². The van der Waals surface area contributed by atoms with Gasteiger partial charge in [-0.15, -0.1) is 0 Å². The molecule has 2 aromatic rings. The minimum Gasteiger partial charge on any atom is -0.398 e. The second-order valence-corrected chi connectivity index (χ2v) is 6.44. The van der Waals surface area contributed by atoms with Crippen LogP contribution in [-0.2, 0) is 16.4 Å². The SMILES string of the molecule is Cc1cc(N)c(C)c(S(=O)(=O)NCCc2cnc[nH]2)c1. The van der Waals surface area contributed by atoms with Crippen LogP contribution in [0.25, 0.3) is 0 Å². The highest BCUT2D eigenvalue weighted by Crippen LogP contribution is 2.22. The summed E-state index contributed by atoms with van der Waals surface area (Å²) in [5.74, 6) is 0. The highest BCUT2D eigenvalue weighted by atomic mass is 32.2. The van der Waals surface area contributed by atoms with E-state index in [1.807, 2.05) is 6.92 Å². The number of aromatic amines is 1. The Labute approximate surface area is 118 Å². The lowest BCUT2D eigenvalue weighted by molar-refractivity contribution is 0.580. The summed E-state index contributed by atoms with van der Waals surface area (Å²) >= 11 is 0. The molecule has 0 radical (unpaired) electrons. The number of nitrogens with one attached hydrogen (secondary N) is 2. The largest absolute Gasteiger partial charge is 0.398 e. The molecule has 0 atom stereocenters. The number of aromatic nitrogens is 2. The number of benzene rings is 1. The van der Waals surface area contributed by atoms with Crippen molar-refractivity contribution in [3.8, 4) is 0 Å². The molecule has 0 aliphatic rings. The summed E-state index contributed by atoms with van der Waals surface area (Å²) in [6, 6.07) is 3.39. The molecule has 0 aliphatic heterocycles. The summed E-state index contributed by atoms with van der Waals surface area (Å²) in [4.78, 5) is 7.05. The highest BCUT2D eigenvalue weighted by Gasteiger charge is 2.18. The summed E-state index contributed by atoms with van der Waals surface area (Å²) in [7, 11) is -3.55. The van der Waals surface area contributed by atoms with E-state index in [9.17, 15) is 8.42 Å². The number of imidazole rings is 1. The number of hydrogen-bond acceptors (Lipinski definition) is 4. The minimum absolute atomic E-state index is 0.236. The van der Waals surface area contributed by atoms with Crippen molar-refractivity contribution in [1.29, 1.82) is 0 Å². The monoisotopic (exact) mass is 294 g/mol. The van der Waals surface area contributed by atoms with Crippen LogP contribution in [-0.4, -0.2) is 24.9 Å². The van der Waals surface area contributed by atoms with Gasteiger partial charge in [-0.3, -0.25) is 0 Å². The van der Waals surface area contributed by atoms with Crippen LogP contribution in [0, 0.1) is 13.8 Å². The van der Waals surface area contributed by atoms with E-state index in [4.69, 9.17) is 5.73 Å². The van der Waals surface area contributed by atoms with Gasteiger partial charge < -0.3 is 10.7 Å². The van der Waals surface area contributed by atoms with Gasteiger partial charge in [0.05, 0.1) is 11.2 Å². The van der Waals surface area contributed by atoms with Crippen molar-refractivity contribution >= 4 is 15.7 Å². The Morgan fingerprint density at radius 3 is 2.75 bits per heavy atom. The molecule has 20 heavy (non-hydrogen) atoms. The normalized spacial score (nSPS) is 11.7. The van der Waals surface area contributed by atoms with Gasteiger partial charge in [0.2, 0.25) is 10.0 Å². The van der Waals surface area contributed by atoms with Crippen LogP contribution in [0.5, 0.6) is 0 Å². The summed E-state index contributed by atoms with van der Waals surface area (Å²) in [6.45, 7) is 3.83. The highest BCUT2D eigenvalue weighted by molar-refractivity contribution is 7.89. The van der Waals surface area contributed by atoms with Crippen molar-refractivity contribution in [2.24, 2.45) is 0 Å². The van der Waals surface area contributed by atoms with E-state index >= 15 is 0 Å². The molecular formula is C13H18N4O2S. The van der Waals surface area contributed by atoms with Crippen molar-refractivity contribution in [2.45, 2.75) is 25.2 Å². The van der Waals surface area contributed by atoms with E-state index in [0.29, 0.717) is 24.2 Å². The number of nitrogens with two attached hydrogens (primary N) is 1. The molecule has 6 nitrogen and oxygen atoms in total. The van der Waals surface area contributed by atoms with Gasteiger partial charge in [0, 0.05) is 30.5 Å². The van der Waals surface area contributed by atoms with Gasteiger partial charge in [-0.25, -0.2) is 18.1 Å². The Morgan fingerprint density at radius 2 is 2.10 bits per heavy atom. The molecule has 0 aliphatic carbocycles. The molecule has 0 unspecified atom stereocenters. The van der Waals surface area contributed by atoms with Crippen molar-refractivity contribution in [3.05, 3.63) is 41.5 Å². The third kappa shape index (κ3) is 3.17. The Kier molecular flexibility index (Phi) is 4.10. The Balaban J connectivity index is 2.14. The van der Waals surface area contributed by atoms with Crippen molar-refractivity contribution < 1.29 is 8.42 Å². The zero-order valence-electron chi connectivity index (χ0n) is 11.5. The number of rotatable bonds is 5. The van der Waals surface area contributed by atoms with Crippen LogP contribution in [0.1, 0.15) is 16.8 Å². The Morgan fingerprint density at radius 1 is 1.35 bits per heavy atom. The van der Waals surface area contributed by atoms with Crippen LogP contribution in [0.15, 0.2) is 29.6 Å². The third-order valence-electron chi connectivity index (χ3n) is 3.08. The lowest BCUT2D eigenvalue weighted by atomic mass is 10.1. The van der Waals surface area contributed by atoms with Gasteiger partial charge >= 0.3 is 0 Å². The molecule has 2 rings (SSSR count). The Bertz CT molecular complexity index is 693. The first-order chi connectivity index (χ1) is 9.40. The van der Waals surface area contributed by atoms with Crippen molar-refractivity contribution in [2.75, 3.05) is 12.3 Å². The maximum atomic E-state index is 12.3. The van der Waals surface area contributed by atoms with E-state index in [1.165, 1.54) is 0 Å². The number of anilines is 1. The molecule has 0 bridgehead atoms. The van der Waals surface area contributed by atoms with Gasteiger partial charge in [0.1, 0.15) is 0 Å². The summed E-state index contributed by atoms with van der Waals surface area (Å²) in [5.41, 5.74) is 8.58. The second-order valence-electron chi connectivity index (χ2n) is 4.70. The molecule has 1 aromatic carbocycles. The van der Waals surface area contributed by atoms with Gasteiger partial charge in [-0.05, 0) is 37.1 Å². The average Bonchev–Trinajstić information content (AvgIpc) is 2.86. The Hall–Kier alpha value is -1.86. The first kappa shape index (κ1) is 14.5. The molecule has 0 saturated carbocycles. The fourth-order valence-corrected chi connectivity index (χ4v) is 3.34. The standard InChI is InChI=1S/C13H18N4O2S/c1-9-5-12(14)10(2)13(6-9)20(18,19)17-4-3-11-7-15-8-16-11/h5-8,17H,3-4,14H2,1-2H3,(H,15,16).